The number of hydrogen-bond acceptors (Lipinski definition) is 6. The number of carbonyl (C=O) groups is 1. The zero-order valence-corrected chi connectivity index (χ0v) is 17.1. The quantitative estimate of drug-likeness (QED) is 0.322. The number of halogens is 4. The summed E-state index contributed by atoms with van der Waals surface area (Å²) in [6, 6.07) is 9.38. The second kappa shape index (κ2) is 10.3. The lowest BCUT2D eigenvalue weighted by Crippen LogP contribution is -2.25. The zero-order valence-electron chi connectivity index (χ0n) is 16.3. The summed E-state index contributed by atoms with van der Waals surface area (Å²) in [5, 5.41) is 3.69. The van der Waals surface area contributed by atoms with Crippen LogP contribution in [0.4, 0.5) is 13.2 Å². The molecule has 6 nitrogen and oxygen atoms in total. The van der Waals surface area contributed by atoms with Crippen molar-refractivity contribution in [2.75, 3.05) is 20.8 Å². The van der Waals surface area contributed by atoms with Gasteiger partial charge in [-0.25, -0.2) is 4.79 Å². The van der Waals surface area contributed by atoms with Crippen LogP contribution < -0.4 is 4.74 Å². The van der Waals surface area contributed by atoms with Crippen molar-refractivity contribution in [3.8, 4) is 11.5 Å². The van der Waals surface area contributed by atoms with Gasteiger partial charge in [0.1, 0.15) is 24.3 Å². The molecule has 0 N–H and O–H groups in total. The van der Waals surface area contributed by atoms with E-state index >= 15 is 0 Å². The first-order valence-corrected chi connectivity index (χ1v) is 8.98. The fraction of sp³-hybridized carbons (Fsp3) is 0.300. The maximum absolute atomic E-state index is 12.8. The molecule has 0 aliphatic heterocycles. The minimum Gasteiger partial charge on any atom is -0.467 e. The summed E-state index contributed by atoms with van der Waals surface area (Å²) in [6.45, 7) is 1.39. The first-order valence-electron chi connectivity index (χ1n) is 8.60. The van der Waals surface area contributed by atoms with E-state index in [0.29, 0.717) is 5.56 Å². The molecule has 1 atom stereocenters. The van der Waals surface area contributed by atoms with Gasteiger partial charge in [0.2, 0.25) is 0 Å². The van der Waals surface area contributed by atoms with Crippen LogP contribution in [0, 0.1) is 0 Å². The van der Waals surface area contributed by atoms with Crippen LogP contribution in [-0.2, 0) is 25.3 Å². The van der Waals surface area contributed by atoms with Gasteiger partial charge in [0.25, 0.3) is 0 Å². The zero-order chi connectivity index (χ0) is 22.3. The third-order valence-corrected chi connectivity index (χ3v) is 4.18. The lowest BCUT2D eigenvalue weighted by molar-refractivity contribution is -0.151. The summed E-state index contributed by atoms with van der Waals surface area (Å²) >= 11 is 5.98. The molecule has 0 fully saturated rings. The van der Waals surface area contributed by atoms with E-state index in [-0.39, 0.29) is 28.8 Å². The fourth-order valence-corrected chi connectivity index (χ4v) is 2.59. The lowest BCUT2D eigenvalue weighted by atomic mass is 10.1. The number of esters is 1. The predicted octanol–water partition coefficient (Wildman–Crippen LogP) is 5.08. The van der Waals surface area contributed by atoms with Gasteiger partial charge in [-0.05, 0) is 37.3 Å². The molecular weight excluding hydrogens is 427 g/mol. The van der Waals surface area contributed by atoms with E-state index < -0.39 is 23.8 Å². The molecule has 162 valence electrons. The number of carbonyl (C=O) groups excluding carboxylic acids is 1. The summed E-state index contributed by atoms with van der Waals surface area (Å²) in [6.07, 6.45) is -5.37. The molecule has 2 rings (SSSR count). The van der Waals surface area contributed by atoms with E-state index in [0.717, 1.165) is 18.2 Å². The summed E-state index contributed by atoms with van der Waals surface area (Å²) < 4.78 is 54.3. The third kappa shape index (κ3) is 6.11. The van der Waals surface area contributed by atoms with E-state index in [2.05, 4.69) is 9.89 Å². The van der Waals surface area contributed by atoms with Gasteiger partial charge < -0.3 is 19.0 Å². The second-order valence-electron chi connectivity index (χ2n) is 5.94. The molecule has 30 heavy (non-hydrogen) atoms. The van der Waals surface area contributed by atoms with Crippen LogP contribution in [0.1, 0.15) is 18.1 Å². The van der Waals surface area contributed by atoms with Gasteiger partial charge in [-0.2, -0.15) is 13.2 Å². The first kappa shape index (κ1) is 23.5. The number of methoxy groups -OCH3 is 1. The Labute approximate surface area is 176 Å². The minimum atomic E-state index is -4.52. The smallest absolute Gasteiger partial charge is 0.416 e. The Balaban J connectivity index is 2.30. The van der Waals surface area contributed by atoms with Gasteiger partial charge in [0.15, 0.2) is 6.10 Å². The van der Waals surface area contributed by atoms with Crippen molar-refractivity contribution in [3.05, 3.63) is 58.6 Å². The molecule has 0 saturated heterocycles. The van der Waals surface area contributed by atoms with Crippen LogP contribution in [0.2, 0.25) is 5.02 Å². The van der Waals surface area contributed by atoms with Crippen molar-refractivity contribution in [1.82, 2.24) is 0 Å². The number of oxime groups is 1. The Kier molecular flexibility index (Phi) is 8.08. The van der Waals surface area contributed by atoms with Gasteiger partial charge in [-0.15, -0.1) is 0 Å². The molecule has 0 radical (unpaired) electrons. The maximum atomic E-state index is 12.8. The number of benzene rings is 2. The molecule has 0 amide bonds. The van der Waals surface area contributed by atoms with Crippen LogP contribution >= 0.6 is 11.6 Å². The predicted molar refractivity (Wildman–Crippen MR) is 104 cm³/mol. The van der Waals surface area contributed by atoms with E-state index in [1.807, 2.05) is 0 Å². The molecule has 0 aromatic heterocycles. The fourth-order valence-electron chi connectivity index (χ4n) is 2.37. The van der Waals surface area contributed by atoms with E-state index in [1.54, 1.807) is 24.3 Å². The summed E-state index contributed by atoms with van der Waals surface area (Å²) in [5.74, 6) is -0.283. The summed E-state index contributed by atoms with van der Waals surface area (Å²) in [5.41, 5.74) is -0.167. The Morgan fingerprint density at radius 2 is 1.83 bits per heavy atom. The highest BCUT2D eigenvalue weighted by atomic mass is 35.5. The number of hydrogen-bond donors (Lipinski definition) is 0. The molecule has 1 unspecified atom stereocenters. The van der Waals surface area contributed by atoms with E-state index in [4.69, 9.17) is 25.9 Å². The number of para-hydroxylation sites is 1. The molecule has 0 aliphatic rings. The van der Waals surface area contributed by atoms with Crippen LogP contribution in [0.5, 0.6) is 11.5 Å². The molecule has 2 aromatic carbocycles. The highest BCUT2D eigenvalue weighted by molar-refractivity contribution is 6.32. The number of alkyl halides is 3. The molecule has 10 heteroatoms. The van der Waals surface area contributed by atoms with Gasteiger partial charge in [0, 0.05) is 5.56 Å². The van der Waals surface area contributed by atoms with Crippen molar-refractivity contribution >= 4 is 23.3 Å². The highest BCUT2D eigenvalue weighted by Gasteiger charge is 2.31. The monoisotopic (exact) mass is 445 g/mol. The van der Waals surface area contributed by atoms with Crippen LogP contribution in [0.15, 0.2) is 47.6 Å². The van der Waals surface area contributed by atoms with Crippen molar-refractivity contribution in [3.63, 3.8) is 0 Å². The summed E-state index contributed by atoms with van der Waals surface area (Å²) in [4.78, 5) is 16.4. The van der Waals surface area contributed by atoms with Gasteiger partial charge in [-0.3, -0.25) is 0 Å². The maximum Gasteiger partial charge on any atom is 0.416 e. The third-order valence-electron chi connectivity index (χ3n) is 3.88. The van der Waals surface area contributed by atoms with E-state index in [1.165, 1.54) is 21.1 Å². The molecule has 0 heterocycles. The largest absolute Gasteiger partial charge is 0.467 e. The Hall–Kier alpha value is -2.78. The normalized spacial score (nSPS) is 13.0. The number of rotatable bonds is 8. The van der Waals surface area contributed by atoms with Gasteiger partial charge in [-0.1, -0.05) is 28.9 Å². The SMILES string of the molecule is CO/N=C(\COC(C)C(=O)OC)c1ccccc1Oc1ccc(C(F)(F)F)cc1Cl. The number of nitrogens with zero attached hydrogens (tertiary/aromatic N) is 1. The van der Waals surface area contributed by atoms with Crippen LogP contribution in [0.25, 0.3) is 0 Å². The topological polar surface area (TPSA) is 66.4 Å². The minimum absolute atomic E-state index is 0.0257. The Morgan fingerprint density at radius 3 is 2.43 bits per heavy atom. The van der Waals surface area contributed by atoms with Crippen molar-refractivity contribution in [1.29, 1.82) is 0 Å². The standard InChI is InChI=1S/C20H19ClF3NO5/c1-12(19(26)27-2)29-11-16(25-28-3)14-6-4-5-7-17(14)30-18-9-8-13(10-15(18)21)20(22,23)24/h4-10,12H,11H2,1-3H3/b25-16+. The molecule has 0 spiro atoms. The van der Waals surface area contributed by atoms with E-state index in [9.17, 15) is 18.0 Å². The second-order valence-corrected chi connectivity index (χ2v) is 6.35. The first-order chi connectivity index (χ1) is 14.2. The average molecular weight is 446 g/mol. The van der Waals surface area contributed by atoms with Crippen molar-refractivity contribution in [2.45, 2.75) is 19.2 Å². The highest BCUT2D eigenvalue weighted by Crippen LogP contribution is 2.37. The van der Waals surface area contributed by atoms with Crippen molar-refractivity contribution < 1.29 is 37.0 Å². The van der Waals surface area contributed by atoms with Gasteiger partial charge in [0.05, 0.1) is 24.3 Å². The molecule has 2 aromatic rings. The van der Waals surface area contributed by atoms with Crippen LogP contribution in [0.3, 0.4) is 0 Å². The van der Waals surface area contributed by atoms with Gasteiger partial charge >= 0.3 is 12.1 Å². The molecular formula is C20H19ClF3NO5. The average Bonchev–Trinajstić information content (AvgIpc) is 2.71. The van der Waals surface area contributed by atoms with Crippen LogP contribution in [-0.4, -0.2) is 38.6 Å². The Bertz CT molecular complexity index is 918. The number of ether oxygens (including phenoxy) is 3. The summed E-state index contributed by atoms with van der Waals surface area (Å²) in [7, 11) is 2.57. The molecule has 0 bridgehead atoms. The van der Waals surface area contributed by atoms with Crippen molar-refractivity contribution in [2.24, 2.45) is 5.16 Å². The lowest BCUT2D eigenvalue weighted by Gasteiger charge is -2.16. The Morgan fingerprint density at radius 1 is 1.13 bits per heavy atom. The molecule has 0 aliphatic carbocycles. The molecule has 0 saturated carbocycles.